The van der Waals surface area contributed by atoms with E-state index in [1.807, 2.05) is 13.8 Å². The van der Waals surface area contributed by atoms with Gasteiger partial charge in [-0.3, -0.25) is 0 Å². The van der Waals surface area contributed by atoms with Crippen LogP contribution in [-0.4, -0.2) is 24.7 Å². The molecule has 0 saturated carbocycles. The number of aromatic nitrogens is 1. The van der Waals surface area contributed by atoms with E-state index in [9.17, 15) is 13.2 Å². The Morgan fingerprint density at radius 1 is 1.43 bits per heavy atom. The maximum atomic E-state index is 13.1. The number of halogens is 3. The Kier molecular flexibility index (Phi) is 5.62. The van der Waals surface area contributed by atoms with Crippen molar-refractivity contribution in [1.82, 2.24) is 10.3 Å². The van der Waals surface area contributed by atoms with Gasteiger partial charge < -0.3 is 10.1 Å². The van der Waals surface area contributed by atoms with Gasteiger partial charge in [0.05, 0.1) is 9.88 Å². The van der Waals surface area contributed by atoms with Gasteiger partial charge in [-0.25, -0.2) is 4.98 Å². The van der Waals surface area contributed by atoms with Gasteiger partial charge in [0.2, 0.25) is 0 Å². The van der Waals surface area contributed by atoms with E-state index in [4.69, 9.17) is 4.74 Å². The Hall–Kier alpha value is -0.660. The molecule has 7 heteroatoms. The largest absolute Gasteiger partial charge is 0.434 e. The lowest BCUT2D eigenvalue weighted by atomic mass is 10.1. The second-order valence-electron chi connectivity index (χ2n) is 5.84. The monoisotopic (exact) mass is 322 g/mol. The molecule has 1 aromatic rings. The van der Waals surface area contributed by atoms with Gasteiger partial charge in [-0.2, -0.15) is 13.2 Å². The maximum Gasteiger partial charge on any atom is 0.434 e. The third kappa shape index (κ3) is 4.93. The normalized spacial score (nSPS) is 19.6. The zero-order chi connectivity index (χ0) is 15.5. The van der Waals surface area contributed by atoms with E-state index in [0.717, 1.165) is 6.42 Å². The average molecular weight is 322 g/mol. The predicted molar refractivity (Wildman–Crippen MR) is 76.3 cm³/mol. The summed E-state index contributed by atoms with van der Waals surface area (Å²) in [6, 6.07) is 0. The van der Waals surface area contributed by atoms with Crippen LogP contribution in [0.5, 0.6) is 0 Å². The van der Waals surface area contributed by atoms with Gasteiger partial charge in [-0.1, -0.05) is 13.8 Å². The van der Waals surface area contributed by atoms with E-state index in [0.29, 0.717) is 43.0 Å². The summed E-state index contributed by atoms with van der Waals surface area (Å²) in [4.78, 5) is 4.13. The molecule has 0 spiro atoms. The molecule has 1 N–H and O–H groups in total. The molecule has 2 heterocycles. The van der Waals surface area contributed by atoms with Crippen LogP contribution in [0.1, 0.15) is 35.8 Å². The summed E-state index contributed by atoms with van der Waals surface area (Å²) in [6.07, 6.45) is -2.89. The lowest BCUT2D eigenvalue weighted by Crippen LogP contribution is -2.20. The standard InChI is InChI=1S/C14H21F3N2OS/c1-9(2)6-18-7-11-13(14(15,16)17)19-12(21-11)5-10-3-4-20-8-10/h9-10,18H,3-8H2,1-2H3. The molecule has 1 aliphatic rings. The Bertz CT molecular complexity index is 454. The summed E-state index contributed by atoms with van der Waals surface area (Å²) >= 11 is 1.18. The number of hydrogen-bond donors (Lipinski definition) is 1. The molecule has 1 saturated heterocycles. The van der Waals surface area contributed by atoms with Crippen LogP contribution in [0.4, 0.5) is 13.2 Å². The lowest BCUT2D eigenvalue weighted by Gasteiger charge is -2.08. The van der Waals surface area contributed by atoms with Gasteiger partial charge in [-0.15, -0.1) is 11.3 Å². The van der Waals surface area contributed by atoms with Crippen LogP contribution in [-0.2, 0) is 23.9 Å². The van der Waals surface area contributed by atoms with Crippen molar-refractivity contribution < 1.29 is 17.9 Å². The number of nitrogens with one attached hydrogen (secondary N) is 1. The summed E-state index contributed by atoms with van der Waals surface area (Å²) in [5.74, 6) is 0.705. The number of rotatable bonds is 6. The van der Waals surface area contributed by atoms with Gasteiger partial charge in [0.25, 0.3) is 0 Å². The molecule has 0 radical (unpaired) electrons. The minimum Gasteiger partial charge on any atom is -0.381 e. The third-order valence-corrected chi connectivity index (χ3v) is 4.41. The highest BCUT2D eigenvalue weighted by molar-refractivity contribution is 7.11. The molecule has 0 bridgehead atoms. The molecule has 1 unspecified atom stereocenters. The van der Waals surface area contributed by atoms with Crippen molar-refractivity contribution in [2.45, 2.75) is 39.4 Å². The van der Waals surface area contributed by atoms with Gasteiger partial charge >= 0.3 is 6.18 Å². The van der Waals surface area contributed by atoms with Crippen LogP contribution in [0, 0.1) is 11.8 Å². The van der Waals surface area contributed by atoms with Crippen LogP contribution >= 0.6 is 11.3 Å². The first kappa shape index (κ1) is 16.7. The minimum atomic E-state index is -4.38. The quantitative estimate of drug-likeness (QED) is 0.870. The van der Waals surface area contributed by atoms with Gasteiger partial charge in [0.1, 0.15) is 0 Å². The van der Waals surface area contributed by atoms with Crippen molar-refractivity contribution in [3.8, 4) is 0 Å². The van der Waals surface area contributed by atoms with Gasteiger partial charge in [0, 0.05) is 26.2 Å². The molecular formula is C14H21F3N2OS. The summed E-state index contributed by atoms with van der Waals surface area (Å²) < 4.78 is 44.4. The van der Waals surface area contributed by atoms with Crippen molar-refractivity contribution in [3.63, 3.8) is 0 Å². The van der Waals surface area contributed by atoms with Crippen molar-refractivity contribution in [2.24, 2.45) is 11.8 Å². The van der Waals surface area contributed by atoms with Gasteiger partial charge in [-0.05, 0) is 24.8 Å². The summed E-state index contributed by atoms with van der Waals surface area (Å²) in [5, 5.41) is 3.63. The van der Waals surface area contributed by atoms with E-state index in [1.165, 1.54) is 11.3 Å². The fourth-order valence-corrected chi connectivity index (χ4v) is 3.47. The molecule has 3 nitrogen and oxygen atoms in total. The van der Waals surface area contributed by atoms with Crippen LogP contribution in [0.3, 0.4) is 0 Å². The van der Waals surface area contributed by atoms with Crippen molar-refractivity contribution in [2.75, 3.05) is 19.8 Å². The first-order valence-electron chi connectivity index (χ1n) is 7.20. The molecule has 21 heavy (non-hydrogen) atoms. The molecule has 1 atom stereocenters. The number of hydrogen-bond acceptors (Lipinski definition) is 4. The number of alkyl halides is 3. The highest BCUT2D eigenvalue weighted by Crippen LogP contribution is 2.35. The Morgan fingerprint density at radius 2 is 2.19 bits per heavy atom. The fourth-order valence-electron chi connectivity index (χ4n) is 2.29. The highest BCUT2D eigenvalue weighted by atomic mass is 32.1. The van der Waals surface area contributed by atoms with Crippen LogP contribution in [0.2, 0.25) is 0 Å². The minimum absolute atomic E-state index is 0.228. The van der Waals surface area contributed by atoms with Crippen molar-refractivity contribution >= 4 is 11.3 Å². The first-order valence-corrected chi connectivity index (χ1v) is 8.02. The Morgan fingerprint density at radius 3 is 2.76 bits per heavy atom. The van der Waals surface area contributed by atoms with Crippen LogP contribution in [0.25, 0.3) is 0 Å². The van der Waals surface area contributed by atoms with Crippen molar-refractivity contribution in [3.05, 3.63) is 15.6 Å². The molecule has 0 aromatic carbocycles. The topological polar surface area (TPSA) is 34.1 Å². The molecule has 2 rings (SSSR count). The third-order valence-electron chi connectivity index (χ3n) is 3.34. The smallest absolute Gasteiger partial charge is 0.381 e. The summed E-state index contributed by atoms with van der Waals surface area (Å²) in [5.41, 5.74) is -0.724. The fraction of sp³-hybridized carbons (Fsp3) is 0.786. The SMILES string of the molecule is CC(C)CNCc1sc(CC2CCOC2)nc1C(F)(F)F. The molecular weight excluding hydrogens is 301 g/mol. The Balaban J connectivity index is 2.06. The van der Waals surface area contributed by atoms with E-state index >= 15 is 0 Å². The van der Waals surface area contributed by atoms with Gasteiger partial charge in [0.15, 0.2) is 5.69 Å². The van der Waals surface area contributed by atoms with Crippen LogP contribution in [0.15, 0.2) is 0 Å². The second kappa shape index (κ2) is 7.07. The van der Waals surface area contributed by atoms with E-state index in [1.54, 1.807) is 0 Å². The lowest BCUT2D eigenvalue weighted by molar-refractivity contribution is -0.141. The highest BCUT2D eigenvalue weighted by Gasteiger charge is 2.37. The zero-order valence-electron chi connectivity index (χ0n) is 12.3. The molecule has 0 aliphatic carbocycles. The maximum absolute atomic E-state index is 13.1. The first-order chi connectivity index (χ1) is 9.86. The molecule has 1 fully saturated rings. The predicted octanol–water partition coefficient (Wildman–Crippen LogP) is 3.49. The molecule has 120 valence electrons. The number of thiazole rings is 1. The molecule has 1 aliphatic heterocycles. The van der Waals surface area contributed by atoms with Crippen LogP contribution < -0.4 is 5.32 Å². The summed E-state index contributed by atoms with van der Waals surface area (Å²) in [7, 11) is 0. The second-order valence-corrected chi connectivity index (χ2v) is 7.00. The number of ether oxygens (including phenoxy) is 1. The summed E-state index contributed by atoms with van der Waals surface area (Å²) in [6.45, 7) is 6.30. The molecule has 1 aromatic heterocycles. The van der Waals surface area contributed by atoms with E-state index < -0.39 is 11.9 Å². The molecule has 0 amide bonds. The average Bonchev–Trinajstić information content (AvgIpc) is 2.98. The Labute approximate surface area is 126 Å². The van der Waals surface area contributed by atoms with E-state index in [-0.39, 0.29) is 11.4 Å². The van der Waals surface area contributed by atoms with E-state index in [2.05, 4.69) is 10.3 Å². The number of nitrogens with zero attached hydrogens (tertiary/aromatic N) is 1. The zero-order valence-corrected chi connectivity index (χ0v) is 13.1. The van der Waals surface area contributed by atoms with Crippen molar-refractivity contribution in [1.29, 1.82) is 0 Å².